The molecule has 2 aromatic rings. The highest BCUT2D eigenvalue weighted by Gasteiger charge is 2.16. The SMILES string of the molecule is O=C(CCc1ccsc1)Nc1ccc(CC(=O)N2CCSCC2)cc1. The third kappa shape index (κ3) is 5.61. The zero-order valence-corrected chi connectivity index (χ0v) is 15.7. The van der Waals surface area contributed by atoms with Crippen LogP contribution in [0, 0.1) is 0 Å². The Balaban J connectivity index is 1.46. The van der Waals surface area contributed by atoms with Crippen LogP contribution in [0.15, 0.2) is 41.1 Å². The first kappa shape index (κ1) is 18.0. The lowest BCUT2D eigenvalue weighted by molar-refractivity contribution is -0.130. The number of anilines is 1. The van der Waals surface area contributed by atoms with Crippen LogP contribution < -0.4 is 5.32 Å². The monoisotopic (exact) mass is 374 g/mol. The van der Waals surface area contributed by atoms with E-state index in [0.717, 1.165) is 42.3 Å². The summed E-state index contributed by atoms with van der Waals surface area (Å²) in [6, 6.07) is 9.63. The van der Waals surface area contributed by atoms with E-state index in [4.69, 9.17) is 0 Å². The van der Waals surface area contributed by atoms with E-state index in [9.17, 15) is 9.59 Å². The maximum atomic E-state index is 12.3. The number of rotatable bonds is 6. The second-order valence-electron chi connectivity index (χ2n) is 6.05. The van der Waals surface area contributed by atoms with Gasteiger partial charge in [-0.2, -0.15) is 23.1 Å². The molecule has 0 radical (unpaired) electrons. The molecule has 1 fully saturated rings. The predicted octanol–water partition coefficient (Wildman–Crippen LogP) is 3.44. The van der Waals surface area contributed by atoms with Crippen molar-refractivity contribution in [3.8, 4) is 0 Å². The first-order valence-corrected chi connectivity index (χ1v) is 10.6. The lowest BCUT2D eigenvalue weighted by atomic mass is 10.1. The van der Waals surface area contributed by atoms with Crippen LogP contribution in [0.1, 0.15) is 17.5 Å². The van der Waals surface area contributed by atoms with E-state index in [2.05, 4.69) is 10.7 Å². The molecule has 1 aliphatic heterocycles. The minimum atomic E-state index is 0.0147. The molecule has 0 bridgehead atoms. The number of carbonyl (C=O) groups excluding carboxylic acids is 2. The maximum Gasteiger partial charge on any atom is 0.227 e. The zero-order valence-electron chi connectivity index (χ0n) is 14.1. The van der Waals surface area contributed by atoms with Gasteiger partial charge in [0.25, 0.3) is 0 Å². The van der Waals surface area contributed by atoms with Crippen LogP contribution in [0.4, 0.5) is 5.69 Å². The Morgan fingerprint density at radius 3 is 2.48 bits per heavy atom. The quantitative estimate of drug-likeness (QED) is 0.843. The summed E-state index contributed by atoms with van der Waals surface area (Å²) in [4.78, 5) is 26.2. The number of hydrogen-bond acceptors (Lipinski definition) is 4. The summed E-state index contributed by atoms with van der Waals surface area (Å²) in [6.07, 6.45) is 1.66. The average Bonchev–Trinajstić information content (AvgIpc) is 3.16. The first-order valence-electron chi connectivity index (χ1n) is 8.46. The Morgan fingerprint density at radius 1 is 1.04 bits per heavy atom. The van der Waals surface area contributed by atoms with Crippen LogP contribution in [0.25, 0.3) is 0 Å². The van der Waals surface area contributed by atoms with E-state index in [1.807, 2.05) is 52.4 Å². The molecule has 1 aromatic heterocycles. The Bertz CT molecular complexity index is 693. The van der Waals surface area contributed by atoms with Gasteiger partial charge in [0.15, 0.2) is 0 Å². The van der Waals surface area contributed by atoms with Gasteiger partial charge in [0.05, 0.1) is 6.42 Å². The molecule has 2 amide bonds. The van der Waals surface area contributed by atoms with E-state index >= 15 is 0 Å². The van der Waals surface area contributed by atoms with Crippen molar-refractivity contribution in [1.82, 2.24) is 4.90 Å². The molecule has 0 spiro atoms. The number of thiophene rings is 1. The van der Waals surface area contributed by atoms with Crippen LogP contribution in [-0.4, -0.2) is 41.3 Å². The van der Waals surface area contributed by atoms with Crippen LogP contribution in [0.2, 0.25) is 0 Å². The summed E-state index contributed by atoms with van der Waals surface area (Å²) in [5, 5.41) is 7.01. The maximum absolute atomic E-state index is 12.3. The molecule has 0 atom stereocenters. The highest BCUT2D eigenvalue weighted by Crippen LogP contribution is 2.15. The lowest BCUT2D eigenvalue weighted by Gasteiger charge is -2.26. The Labute approximate surface area is 156 Å². The standard InChI is InChI=1S/C19H22N2O2S2/c22-18(6-3-16-7-10-25-14-16)20-17-4-1-15(2-5-17)13-19(23)21-8-11-24-12-9-21/h1-2,4-5,7,10,14H,3,6,8-9,11-13H2,(H,20,22). The van der Waals surface area contributed by atoms with Crippen molar-refractivity contribution in [2.45, 2.75) is 19.3 Å². The van der Waals surface area contributed by atoms with Crippen molar-refractivity contribution in [3.05, 3.63) is 52.2 Å². The number of amides is 2. The Morgan fingerprint density at radius 2 is 1.80 bits per heavy atom. The first-order chi connectivity index (χ1) is 12.2. The van der Waals surface area contributed by atoms with Crippen molar-refractivity contribution in [1.29, 1.82) is 0 Å². The predicted molar refractivity (Wildman–Crippen MR) is 105 cm³/mol. The molecule has 0 saturated carbocycles. The summed E-state index contributed by atoms with van der Waals surface area (Å²) in [7, 11) is 0. The largest absolute Gasteiger partial charge is 0.341 e. The summed E-state index contributed by atoms with van der Waals surface area (Å²) in [6.45, 7) is 1.70. The normalized spacial score (nSPS) is 14.3. The van der Waals surface area contributed by atoms with Gasteiger partial charge in [-0.15, -0.1) is 0 Å². The Kier molecular flexibility index (Phi) is 6.53. The van der Waals surface area contributed by atoms with Gasteiger partial charge in [0.2, 0.25) is 11.8 Å². The molecule has 1 N–H and O–H groups in total. The topological polar surface area (TPSA) is 49.4 Å². The summed E-state index contributed by atoms with van der Waals surface area (Å²) in [5.41, 5.74) is 2.96. The lowest BCUT2D eigenvalue weighted by Crippen LogP contribution is -2.38. The molecular formula is C19H22N2O2S2. The van der Waals surface area contributed by atoms with E-state index in [-0.39, 0.29) is 11.8 Å². The minimum absolute atomic E-state index is 0.0147. The molecule has 0 aliphatic carbocycles. The number of hydrogen-bond donors (Lipinski definition) is 1. The number of nitrogens with one attached hydrogen (secondary N) is 1. The second-order valence-corrected chi connectivity index (χ2v) is 8.05. The van der Waals surface area contributed by atoms with Crippen LogP contribution >= 0.6 is 23.1 Å². The molecule has 3 rings (SSSR count). The van der Waals surface area contributed by atoms with Crippen LogP contribution in [0.5, 0.6) is 0 Å². The van der Waals surface area contributed by atoms with Gasteiger partial charge in [-0.05, 0) is 46.5 Å². The molecule has 4 nitrogen and oxygen atoms in total. The fourth-order valence-electron chi connectivity index (χ4n) is 2.72. The summed E-state index contributed by atoms with van der Waals surface area (Å²) in [5.74, 6) is 2.26. The number of thioether (sulfide) groups is 1. The van der Waals surface area contributed by atoms with Crippen molar-refractivity contribution >= 4 is 40.6 Å². The van der Waals surface area contributed by atoms with Crippen LogP contribution in [-0.2, 0) is 22.4 Å². The van der Waals surface area contributed by atoms with E-state index in [1.165, 1.54) is 5.56 Å². The number of benzene rings is 1. The molecule has 25 heavy (non-hydrogen) atoms. The molecule has 1 saturated heterocycles. The average molecular weight is 375 g/mol. The number of carbonyl (C=O) groups is 2. The fraction of sp³-hybridized carbons (Fsp3) is 0.368. The van der Waals surface area contributed by atoms with Crippen molar-refractivity contribution in [2.24, 2.45) is 0 Å². The molecular weight excluding hydrogens is 352 g/mol. The molecule has 132 valence electrons. The Hall–Kier alpha value is -1.79. The third-order valence-corrected chi connectivity index (χ3v) is 5.85. The van der Waals surface area contributed by atoms with Gasteiger partial charge in [0, 0.05) is 36.7 Å². The van der Waals surface area contributed by atoms with Crippen molar-refractivity contribution in [2.75, 3.05) is 29.9 Å². The van der Waals surface area contributed by atoms with Gasteiger partial charge in [-0.1, -0.05) is 12.1 Å². The van der Waals surface area contributed by atoms with Crippen molar-refractivity contribution in [3.63, 3.8) is 0 Å². The molecule has 1 aliphatic rings. The highest BCUT2D eigenvalue weighted by atomic mass is 32.2. The summed E-state index contributed by atoms with van der Waals surface area (Å²) < 4.78 is 0. The molecule has 0 unspecified atom stereocenters. The smallest absolute Gasteiger partial charge is 0.227 e. The third-order valence-electron chi connectivity index (χ3n) is 4.18. The molecule has 1 aromatic carbocycles. The van der Waals surface area contributed by atoms with E-state index in [0.29, 0.717) is 12.8 Å². The van der Waals surface area contributed by atoms with E-state index in [1.54, 1.807) is 11.3 Å². The van der Waals surface area contributed by atoms with E-state index < -0.39 is 0 Å². The highest BCUT2D eigenvalue weighted by molar-refractivity contribution is 7.99. The zero-order chi connectivity index (χ0) is 17.5. The molecule has 6 heteroatoms. The number of nitrogens with zero attached hydrogens (tertiary/aromatic N) is 1. The fourth-order valence-corrected chi connectivity index (χ4v) is 4.33. The van der Waals surface area contributed by atoms with Crippen molar-refractivity contribution < 1.29 is 9.59 Å². The molecule has 2 heterocycles. The van der Waals surface area contributed by atoms with Gasteiger partial charge < -0.3 is 10.2 Å². The second kappa shape index (κ2) is 9.06. The van der Waals surface area contributed by atoms with Crippen LogP contribution in [0.3, 0.4) is 0 Å². The number of aryl methyl sites for hydroxylation is 1. The van der Waals surface area contributed by atoms with Gasteiger partial charge in [-0.3, -0.25) is 9.59 Å². The summed E-state index contributed by atoms with van der Waals surface area (Å²) >= 11 is 3.55. The van der Waals surface area contributed by atoms with Gasteiger partial charge in [-0.25, -0.2) is 0 Å². The van der Waals surface area contributed by atoms with Gasteiger partial charge in [0.1, 0.15) is 0 Å². The minimum Gasteiger partial charge on any atom is -0.341 e. The van der Waals surface area contributed by atoms with Gasteiger partial charge >= 0.3 is 0 Å².